The predicted molar refractivity (Wildman–Crippen MR) is 77.0 cm³/mol. The van der Waals surface area contributed by atoms with Gasteiger partial charge in [-0.1, -0.05) is 19.3 Å². The molecule has 0 amide bonds. The highest BCUT2D eigenvalue weighted by molar-refractivity contribution is 7.91. The van der Waals surface area contributed by atoms with Gasteiger partial charge in [-0.15, -0.1) is 0 Å². The minimum absolute atomic E-state index is 0.341. The third kappa shape index (κ3) is 3.31. The fraction of sp³-hybridized carbons (Fsp3) is 1.00. The highest BCUT2D eigenvalue weighted by Crippen LogP contribution is 2.31. The Kier molecular flexibility index (Phi) is 3.89. The molecule has 0 bridgehead atoms. The quantitative estimate of drug-likeness (QED) is 0.824. The summed E-state index contributed by atoms with van der Waals surface area (Å²) in [6.45, 7) is 4.27. The zero-order chi connectivity index (χ0) is 13.3. The van der Waals surface area contributed by atoms with Crippen molar-refractivity contribution < 1.29 is 8.42 Å². The number of nitrogens with zero attached hydrogens (tertiary/aromatic N) is 1. The predicted octanol–water partition coefficient (Wildman–Crippen LogP) is 1.03. The first-order valence-electron chi connectivity index (χ1n) is 7.75. The molecule has 1 atom stereocenters. The van der Waals surface area contributed by atoms with E-state index in [0.29, 0.717) is 23.0 Å². The van der Waals surface area contributed by atoms with Crippen LogP contribution in [0.25, 0.3) is 0 Å². The molecule has 1 aliphatic carbocycles. The average Bonchev–Trinajstić information content (AvgIpc) is 2.70. The topological polar surface area (TPSA) is 49.4 Å². The summed E-state index contributed by atoms with van der Waals surface area (Å²) in [5, 5.41) is 3.75. The Balaban J connectivity index is 1.57. The van der Waals surface area contributed by atoms with Gasteiger partial charge in [0.15, 0.2) is 9.84 Å². The van der Waals surface area contributed by atoms with E-state index >= 15 is 0 Å². The Morgan fingerprint density at radius 1 is 1.21 bits per heavy atom. The van der Waals surface area contributed by atoms with E-state index in [2.05, 4.69) is 10.2 Å². The van der Waals surface area contributed by atoms with E-state index in [1.54, 1.807) is 0 Å². The van der Waals surface area contributed by atoms with Gasteiger partial charge in [-0.3, -0.25) is 4.90 Å². The van der Waals surface area contributed by atoms with Crippen molar-refractivity contribution in [2.75, 3.05) is 37.7 Å². The number of hydrogen-bond acceptors (Lipinski definition) is 4. The van der Waals surface area contributed by atoms with Gasteiger partial charge in [-0.25, -0.2) is 8.42 Å². The SMILES string of the molecule is O=S1(=O)CCC(CN2CCNC3(CCCCC3)C2)C1. The Labute approximate surface area is 116 Å². The largest absolute Gasteiger partial charge is 0.309 e. The number of rotatable bonds is 2. The Hall–Kier alpha value is -0.130. The monoisotopic (exact) mass is 286 g/mol. The van der Waals surface area contributed by atoms with Gasteiger partial charge in [0.25, 0.3) is 0 Å². The van der Waals surface area contributed by atoms with E-state index in [9.17, 15) is 8.42 Å². The summed E-state index contributed by atoms with van der Waals surface area (Å²) in [7, 11) is -2.72. The molecule has 3 fully saturated rings. The lowest BCUT2D eigenvalue weighted by atomic mass is 9.80. The van der Waals surface area contributed by atoms with Gasteiger partial charge in [-0.05, 0) is 25.2 Å². The van der Waals surface area contributed by atoms with Crippen LogP contribution in [0.2, 0.25) is 0 Å². The number of hydrogen-bond donors (Lipinski definition) is 1. The summed E-state index contributed by atoms with van der Waals surface area (Å²) in [4.78, 5) is 2.52. The van der Waals surface area contributed by atoms with Gasteiger partial charge in [0, 0.05) is 31.7 Å². The summed E-state index contributed by atoms with van der Waals surface area (Å²) in [6, 6.07) is 0. The molecular weight excluding hydrogens is 260 g/mol. The van der Waals surface area contributed by atoms with Crippen molar-refractivity contribution in [3.05, 3.63) is 0 Å². The van der Waals surface area contributed by atoms with Gasteiger partial charge < -0.3 is 5.32 Å². The molecule has 110 valence electrons. The summed E-state index contributed by atoms with van der Waals surface area (Å²) < 4.78 is 23.1. The van der Waals surface area contributed by atoms with Crippen molar-refractivity contribution in [2.45, 2.75) is 44.1 Å². The molecule has 0 aromatic heterocycles. The summed E-state index contributed by atoms with van der Waals surface area (Å²) in [5.74, 6) is 1.21. The maximum absolute atomic E-state index is 11.5. The second kappa shape index (κ2) is 5.34. The standard InChI is InChI=1S/C14H26N2O2S/c17-19(18)9-4-13(11-19)10-16-8-7-15-14(12-16)5-2-1-3-6-14/h13,15H,1-12H2. The maximum atomic E-state index is 11.5. The normalized spacial score (nSPS) is 34.6. The molecular formula is C14H26N2O2S. The fourth-order valence-electron chi connectivity index (χ4n) is 4.14. The molecule has 4 nitrogen and oxygen atoms in total. The molecule has 1 N–H and O–H groups in total. The first-order valence-corrected chi connectivity index (χ1v) is 9.57. The van der Waals surface area contributed by atoms with E-state index < -0.39 is 9.84 Å². The number of nitrogens with one attached hydrogen (secondary N) is 1. The van der Waals surface area contributed by atoms with Crippen LogP contribution >= 0.6 is 0 Å². The van der Waals surface area contributed by atoms with Crippen LogP contribution in [0.1, 0.15) is 38.5 Å². The molecule has 1 unspecified atom stereocenters. The third-order valence-electron chi connectivity index (χ3n) is 5.11. The Morgan fingerprint density at radius 3 is 2.68 bits per heavy atom. The molecule has 0 aromatic carbocycles. The lowest BCUT2D eigenvalue weighted by molar-refractivity contribution is 0.0900. The molecule has 2 heterocycles. The molecule has 0 aromatic rings. The van der Waals surface area contributed by atoms with Crippen molar-refractivity contribution >= 4 is 9.84 Å². The van der Waals surface area contributed by atoms with Crippen LogP contribution in [0.4, 0.5) is 0 Å². The summed E-state index contributed by atoms with van der Waals surface area (Å²) in [6.07, 6.45) is 7.54. The van der Waals surface area contributed by atoms with Crippen LogP contribution in [0.3, 0.4) is 0 Å². The molecule has 2 aliphatic heterocycles. The first kappa shape index (κ1) is 13.8. The van der Waals surface area contributed by atoms with Gasteiger partial charge in [0.1, 0.15) is 0 Å². The van der Waals surface area contributed by atoms with Gasteiger partial charge >= 0.3 is 0 Å². The van der Waals surface area contributed by atoms with Gasteiger partial charge in [-0.2, -0.15) is 0 Å². The van der Waals surface area contributed by atoms with Crippen LogP contribution in [-0.2, 0) is 9.84 Å². The third-order valence-corrected chi connectivity index (χ3v) is 6.95. The lowest BCUT2D eigenvalue weighted by Gasteiger charge is -2.46. The number of piperazine rings is 1. The minimum atomic E-state index is -2.72. The highest BCUT2D eigenvalue weighted by atomic mass is 32.2. The summed E-state index contributed by atoms with van der Waals surface area (Å²) in [5.41, 5.74) is 0.341. The Bertz CT molecular complexity index is 410. The van der Waals surface area contributed by atoms with Crippen LogP contribution < -0.4 is 5.32 Å². The highest BCUT2D eigenvalue weighted by Gasteiger charge is 2.37. The smallest absolute Gasteiger partial charge is 0.150 e. The van der Waals surface area contributed by atoms with Crippen molar-refractivity contribution in [3.63, 3.8) is 0 Å². The zero-order valence-corrected chi connectivity index (χ0v) is 12.6. The molecule has 19 heavy (non-hydrogen) atoms. The minimum Gasteiger partial charge on any atom is -0.309 e. The van der Waals surface area contributed by atoms with E-state index in [1.165, 1.54) is 32.1 Å². The van der Waals surface area contributed by atoms with Crippen molar-refractivity contribution in [2.24, 2.45) is 5.92 Å². The van der Waals surface area contributed by atoms with E-state index in [4.69, 9.17) is 0 Å². The van der Waals surface area contributed by atoms with Crippen molar-refractivity contribution in [1.29, 1.82) is 0 Å². The maximum Gasteiger partial charge on any atom is 0.150 e. The van der Waals surface area contributed by atoms with Gasteiger partial charge in [0.05, 0.1) is 11.5 Å². The number of sulfone groups is 1. The fourth-order valence-corrected chi connectivity index (χ4v) is 5.99. The van der Waals surface area contributed by atoms with Crippen LogP contribution in [-0.4, -0.2) is 56.5 Å². The molecule has 3 aliphatic rings. The van der Waals surface area contributed by atoms with Gasteiger partial charge in [0.2, 0.25) is 0 Å². The second-order valence-corrected chi connectivity index (χ2v) is 9.00. The second-order valence-electron chi connectivity index (χ2n) is 6.77. The van der Waals surface area contributed by atoms with Crippen LogP contribution in [0.15, 0.2) is 0 Å². The van der Waals surface area contributed by atoms with Crippen LogP contribution in [0, 0.1) is 5.92 Å². The molecule has 1 saturated carbocycles. The zero-order valence-electron chi connectivity index (χ0n) is 11.7. The van der Waals surface area contributed by atoms with Crippen molar-refractivity contribution in [1.82, 2.24) is 10.2 Å². The van der Waals surface area contributed by atoms with Crippen molar-refractivity contribution in [3.8, 4) is 0 Å². The lowest BCUT2D eigenvalue weighted by Crippen LogP contribution is -2.61. The molecule has 2 saturated heterocycles. The molecule has 5 heteroatoms. The summed E-state index contributed by atoms with van der Waals surface area (Å²) >= 11 is 0. The molecule has 3 rings (SSSR count). The van der Waals surface area contributed by atoms with E-state index in [0.717, 1.165) is 32.6 Å². The Morgan fingerprint density at radius 2 is 2.00 bits per heavy atom. The van der Waals surface area contributed by atoms with E-state index in [-0.39, 0.29) is 0 Å². The van der Waals surface area contributed by atoms with E-state index in [1.807, 2.05) is 0 Å². The first-order chi connectivity index (χ1) is 9.07. The molecule has 1 spiro atoms. The van der Waals surface area contributed by atoms with Crippen LogP contribution in [0.5, 0.6) is 0 Å². The average molecular weight is 286 g/mol. The molecule has 0 radical (unpaired) electrons.